The normalized spacial score (nSPS) is 22.4. The molecule has 1 N–H and O–H groups in total. The van der Waals surface area contributed by atoms with Crippen LogP contribution in [-0.2, 0) is 0 Å². The molecule has 0 saturated heterocycles. The largest absolute Gasteiger partial charge is 0.310 e. The molecule has 0 aliphatic heterocycles. The molecule has 82 valence electrons. The summed E-state index contributed by atoms with van der Waals surface area (Å²) in [6, 6.07) is 0.641. The average molecular weight is 216 g/mol. The van der Waals surface area contributed by atoms with Gasteiger partial charge in [0.1, 0.15) is 0 Å². The molecule has 1 aliphatic carbocycles. The van der Waals surface area contributed by atoms with Gasteiger partial charge in [0, 0.05) is 18.1 Å². The van der Waals surface area contributed by atoms with Gasteiger partial charge in [-0.2, -0.15) is 0 Å². The molecule has 1 aliphatic rings. The second-order valence-electron chi connectivity index (χ2n) is 4.52. The van der Waals surface area contributed by atoms with Crippen molar-refractivity contribution >= 4 is 11.6 Å². The van der Waals surface area contributed by atoms with E-state index in [2.05, 4.69) is 19.2 Å². The monoisotopic (exact) mass is 215 g/mol. The summed E-state index contributed by atoms with van der Waals surface area (Å²) in [7, 11) is 0. The predicted molar refractivity (Wildman–Crippen MR) is 63.6 cm³/mol. The molecule has 0 heterocycles. The van der Waals surface area contributed by atoms with E-state index in [9.17, 15) is 0 Å². The second kappa shape index (κ2) is 6.47. The van der Waals surface area contributed by atoms with E-state index >= 15 is 0 Å². The zero-order chi connectivity index (χ0) is 10.4. The highest BCUT2D eigenvalue weighted by atomic mass is 35.5. The van der Waals surface area contributed by atoms with Gasteiger partial charge in [0.05, 0.1) is 0 Å². The third-order valence-corrected chi connectivity index (χ3v) is 3.62. The summed E-state index contributed by atoms with van der Waals surface area (Å²) < 4.78 is 0. The molecule has 0 aromatic carbocycles. The summed E-state index contributed by atoms with van der Waals surface area (Å²) in [6.07, 6.45) is 7.07. The van der Waals surface area contributed by atoms with E-state index in [1.165, 1.54) is 37.7 Å². The third kappa shape index (κ3) is 4.02. The van der Waals surface area contributed by atoms with Gasteiger partial charge < -0.3 is 5.32 Å². The zero-order valence-electron chi connectivity index (χ0n) is 9.35. The molecule has 14 heavy (non-hydrogen) atoms. The van der Waals surface area contributed by atoms with Crippen molar-refractivity contribution in [2.24, 2.45) is 5.92 Å². The van der Waals surface area contributed by atoms with Gasteiger partial charge in [-0.1, -0.05) is 30.9 Å². The van der Waals surface area contributed by atoms with Crippen molar-refractivity contribution in [3.63, 3.8) is 0 Å². The maximum atomic E-state index is 5.62. The van der Waals surface area contributed by atoms with Gasteiger partial charge >= 0.3 is 0 Å². The number of hydrogen-bond acceptors (Lipinski definition) is 1. The minimum absolute atomic E-state index is 0.641. The maximum absolute atomic E-state index is 5.62. The summed E-state index contributed by atoms with van der Waals surface area (Å²) in [4.78, 5) is 0. The third-order valence-electron chi connectivity index (χ3n) is 3.25. The fraction of sp³-hybridized carbons (Fsp3) is 0.833. The predicted octanol–water partition coefficient (Wildman–Crippen LogP) is 3.69. The van der Waals surface area contributed by atoms with Crippen LogP contribution in [0.3, 0.4) is 0 Å². The molecule has 1 saturated carbocycles. The first-order chi connectivity index (χ1) is 6.74. The van der Waals surface area contributed by atoms with Crippen LogP contribution in [0.1, 0.15) is 46.0 Å². The Bertz CT molecular complexity index is 183. The lowest BCUT2D eigenvalue weighted by Crippen LogP contribution is -2.35. The first-order valence-corrected chi connectivity index (χ1v) is 6.17. The Morgan fingerprint density at radius 1 is 1.43 bits per heavy atom. The highest BCUT2D eigenvalue weighted by Crippen LogP contribution is 2.26. The van der Waals surface area contributed by atoms with E-state index < -0.39 is 0 Å². The molecule has 1 fully saturated rings. The van der Waals surface area contributed by atoms with E-state index in [0.29, 0.717) is 6.04 Å². The van der Waals surface area contributed by atoms with Gasteiger partial charge in [-0.25, -0.2) is 0 Å². The van der Waals surface area contributed by atoms with Crippen molar-refractivity contribution in [3.8, 4) is 0 Å². The topological polar surface area (TPSA) is 12.0 Å². The lowest BCUT2D eigenvalue weighted by Gasteiger charge is -2.28. The lowest BCUT2D eigenvalue weighted by molar-refractivity contribution is 0.286. The fourth-order valence-corrected chi connectivity index (χ4v) is 2.24. The molecule has 0 unspecified atom stereocenters. The summed E-state index contributed by atoms with van der Waals surface area (Å²) in [6.45, 7) is 5.30. The standard InChI is InChI=1S/C12H22ClN/c1-10(8-13)9-14-11(2)12-6-4-3-5-7-12/h8,11-12,14H,3-7,9H2,1-2H3/t11-/m0/s1. The molecule has 0 bridgehead atoms. The molecule has 2 heteroatoms. The molecule has 0 aromatic heterocycles. The second-order valence-corrected chi connectivity index (χ2v) is 4.74. The van der Waals surface area contributed by atoms with Crippen molar-refractivity contribution < 1.29 is 0 Å². The van der Waals surface area contributed by atoms with Gasteiger partial charge in [0.2, 0.25) is 0 Å². The summed E-state index contributed by atoms with van der Waals surface area (Å²) in [5, 5.41) is 3.55. The van der Waals surface area contributed by atoms with Gasteiger partial charge in [0.15, 0.2) is 0 Å². The molecule has 0 aromatic rings. The molecule has 1 rings (SSSR count). The quantitative estimate of drug-likeness (QED) is 0.755. The van der Waals surface area contributed by atoms with Gasteiger partial charge in [-0.3, -0.25) is 0 Å². The molecule has 0 spiro atoms. The molecular weight excluding hydrogens is 194 g/mol. The zero-order valence-corrected chi connectivity index (χ0v) is 10.1. The number of nitrogens with one attached hydrogen (secondary N) is 1. The van der Waals surface area contributed by atoms with Crippen LogP contribution in [0.2, 0.25) is 0 Å². The van der Waals surface area contributed by atoms with Crippen LogP contribution in [0.15, 0.2) is 11.1 Å². The van der Waals surface area contributed by atoms with Crippen molar-refractivity contribution in [3.05, 3.63) is 11.1 Å². The van der Waals surface area contributed by atoms with Gasteiger partial charge in [0.25, 0.3) is 0 Å². The van der Waals surface area contributed by atoms with Crippen LogP contribution < -0.4 is 5.32 Å². The molecule has 0 amide bonds. The Balaban J connectivity index is 2.22. The molecule has 1 atom stereocenters. The number of halogens is 1. The molecule has 0 radical (unpaired) electrons. The minimum Gasteiger partial charge on any atom is -0.310 e. The van der Waals surface area contributed by atoms with Crippen LogP contribution in [0, 0.1) is 5.92 Å². The van der Waals surface area contributed by atoms with E-state index in [1.54, 1.807) is 5.54 Å². The Morgan fingerprint density at radius 2 is 2.07 bits per heavy atom. The first-order valence-electron chi connectivity index (χ1n) is 5.73. The Hall–Kier alpha value is -0.0100. The van der Waals surface area contributed by atoms with Crippen LogP contribution in [-0.4, -0.2) is 12.6 Å². The van der Waals surface area contributed by atoms with Crippen molar-refractivity contribution in [2.45, 2.75) is 52.0 Å². The van der Waals surface area contributed by atoms with Crippen LogP contribution in [0.25, 0.3) is 0 Å². The van der Waals surface area contributed by atoms with Crippen LogP contribution in [0.5, 0.6) is 0 Å². The molecule has 1 nitrogen and oxygen atoms in total. The Kier molecular flexibility index (Phi) is 5.57. The highest BCUT2D eigenvalue weighted by molar-refractivity contribution is 6.25. The summed E-state index contributed by atoms with van der Waals surface area (Å²) >= 11 is 5.62. The van der Waals surface area contributed by atoms with Crippen molar-refractivity contribution in [2.75, 3.05) is 6.54 Å². The van der Waals surface area contributed by atoms with E-state index in [-0.39, 0.29) is 0 Å². The van der Waals surface area contributed by atoms with Crippen molar-refractivity contribution in [1.29, 1.82) is 0 Å². The van der Waals surface area contributed by atoms with E-state index in [4.69, 9.17) is 11.6 Å². The Labute approximate surface area is 92.9 Å². The maximum Gasteiger partial charge on any atom is 0.0176 e. The highest BCUT2D eigenvalue weighted by Gasteiger charge is 2.19. The van der Waals surface area contributed by atoms with Gasteiger partial charge in [-0.05, 0) is 38.2 Å². The fourth-order valence-electron chi connectivity index (χ4n) is 2.16. The van der Waals surface area contributed by atoms with Crippen molar-refractivity contribution in [1.82, 2.24) is 5.32 Å². The first kappa shape index (κ1) is 12.1. The minimum atomic E-state index is 0.641. The number of hydrogen-bond donors (Lipinski definition) is 1. The van der Waals surface area contributed by atoms with Gasteiger partial charge in [-0.15, -0.1) is 0 Å². The summed E-state index contributed by atoms with van der Waals surface area (Å²) in [5.41, 5.74) is 2.88. The Morgan fingerprint density at radius 3 is 2.64 bits per heavy atom. The molecular formula is C12H22ClN. The van der Waals surface area contributed by atoms with E-state index in [0.717, 1.165) is 12.5 Å². The lowest BCUT2D eigenvalue weighted by atomic mass is 9.84. The summed E-state index contributed by atoms with van der Waals surface area (Å²) in [5.74, 6) is 0.881. The van der Waals surface area contributed by atoms with Crippen LogP contribution >= 0.6 is 11.6 Å². The smallest absolute Gasteiger partial charge is 0.0176 e. The average Bonchev–Trinajstić information content (AvgIpc) is 2.26. The SMILES string of the molecule is CC(=CCl)CN[C@@H](C)C1CCCCC1. The van der Waals surface area contributed by atoms with Crippen LogP contribution in [0.4, 0.5) is 0 Å². The van der Waals surface area contributed by atoms with E-state index in [1.807, 2.05) is 0 Å². The number of rotatable bonds is 4.